The summed E-state index contributed by atoms with van der Waals surface area (Å²) in [6.07, 6.45) is -0.873. The summed E-state index contributed by atoms with van der Waals surface area (Å²) in [5.41, 5.74) is 0.257. The fraction of sp³-hybridized carbons (Fsp3) is 0.231. The van der Waals surface area contributed by atoms with E-state index in [0.29, 0.717) is 11.5 Å². The van der Waals surface area contributed by atoms with E-state index in [9.17, 15) is 13.9 Å². The van der Waals surface area contributed by atoms with Crippen LogP contribution in [0.15, 0.2) is 34.7 Å². The predicted molar refractivity (Wildman–Crippen MR) is 58.5 cm³/mol. The molecular formula is C13H12F2O2. The Kier molecular flexibility index (Phi) is 3.24. The zero-order valence-electron chi connectivity index (χ0n) is 9.28. The minimum Gasteiger partial charge on any atom is -0.464 e. The first kappa shape index (κ1) is 11.8. The summed E-state index contributed by atoms with van der Waals surface area (Å²) < 4.78 is 31.3. The van der Waals surface area contributed by atoms with E-state index in [1.165, 1.54) is 12.1 Å². The second-order valence-corrected chi connectivity index (χ2v) is 3.90. The van der Waals surface area contributed by atoms with Crippen molar-refractivity contribution in [3.05, 3.63) is 59.1 Å². The average Bonchev–Trinajstić information content (AvgIpc) is 2.69. The van der Waals surface area contributed by atoms with Crippen LogP contribution in [0, 0.1) is 18.6 Å². The van der Waals surface area contributed by atoms with Crippen molar-refractivity contribution in [2.45, 2.75) is 19.4 Å². The summed E-state index contributed by atoms with van der Waals surface area (Å²) in [4.78, 5) is 0. The van der Waals surface area contributed by atoms with Crippen LogP contribution in [-0.2, 0) is 6.42 Å². The first-order chi connectivity index (χ1) is 8.06. The van der Waals surface area contributed by atoms with Gasteiger partial charge < -0.3 is 9.52 Å². The number of furan rings is 1. The summed E-state index contributed by atoms with van der Waals surface area (Å²) in [6, 6.07) is 6.65. The van der Waals surface area contributed by atoms with Crippen LogP contribution in [0.25, 0.3) is 0 Å². The van der Waals surface area contributed by atoms with E-state index in [4.69, 9.17) is 4.42 Å². The highest BCUT2D eigenvalue weighted by molar-refractivity contribution is 5.21. The Labute approximate surface area is 97.5 Å². The Hall–Kier alpha value is -1.68. The molecule has 17 heavy (non-hydrogen) atoms. The summed E-state index contributed by atoms with van der Waals surface area (Å²) in [5.74, 6) is -0.230. The molecule has 90 valence electrons. The van der Waals surface area contributed by atoms with Crippen molar-refractivity contribution in [2.24, 2.45) is 0 Å². The van der Waals surface area contributed by atoms with Gasteiger partial charge in [-0.1, -0.05) is 6.07 Å². The number of halogens is 2. The summed E-state index contributed by atoms with van der Waals surface area (Å²) in [7, 11) is 0. The van der Waals surface area contributed by atoms with Crippen molar-refractivity contribution in [2.75, 3.05) is 0 Å². The number of hydrogen-bond acceptors (Lipinski definition) is 2. The lowest BCUT2D eigenvalue weighted by Gasteiger charge is -2.08. The molecule has 1 aromatic heterocycles. The molecule has 0 aliphatic rings. The highest BCUT2D eigenvalue weighted by Gasteiger charge is 2.15. The van der Waals surface area contributed by atoms with Gasteiger partial charge in [0.25, 0.3) is 0 Å². The van der Waals surface area contributed by atoms with E-state index in [-0.39, 0.29) is 12.0 Å². The SMILES string of the molecule is Cc1ccc(C(O)Cc2ccc(F)cc2F)o1. The number of benzene rings is 1. The largest absolute Gasteiger partial charge is 0.464 e. The molecule has 0 saturated heterocycles. The smallest absolute Gasteiger partial charge is 0.132 e. The maximum absolute atomic E-state index is 13.4. The van der Waals surface area contributed by atoms with E-state index in [1.807, 2.05) is 0 Å². The van der Waals surface area contributed by atoms with Crippen LogP contribution in [0.5, 0.6) is 0 Å². The molecule has 0 radical (unpaired) electrons. The van der Waals surface area contributed by atoms with Gasteiger partial charge in [0.05, 0.1) is 0 Å². The Morgan fingerprint density at radius 2 is 2.00 bits per heavy atom. The molecule has 0 saturated carbocycles. The van der Waals surface area contributed by atoms with Gasteiger partial charge in [-0.3, -0.25) is 0 Å². The molecule has 0 aliphatic carbocycles. The van der Waals surface area contributed by atoms with Crippen LogP contribution >= 0.6 is 0 Å². The molecule has 1 N–H and O–H groups in total. The van der Waals surface area contributed by atoms with Crippen molar-refractivity contribution < 1.29 is 18.3 Å². The first-order valence-corrected chi connectivity index (χ1v) is 5.24. The van der Waals surface area contributed by atoms with Gasteiger partial charge >= 0.3 is 0 Å². The lowest BCUT2D eigenvalue weighted by Crippen LogP contribution is -2.02. The number of aryl methyl sites for hydroxylation is 1. The normalized spacial score (nSPS) is 12.7. The number of aliphatic hydroxyl groups excluding tert-OH is 1. The number of aliphatic hydroxyl groups is 1. The Bertz CT molecular complexity index is 520. The van der Waals surface area contributed by atoms with Gasteiger partial charge in [0.2, 0.25) is 0 Å². The molecule has 2 nitrogen and oxygen atoms in total. The zero-order valence-corrected chi connectivity index (χ0v) is 9.28. The van der Waals surface area contributed by atoms with E-state index in [0.717, 1.165) is 6.07 Å². The molecule has 0 bridgehead atoms. The van der Waals surface area contributed by atoms with Gasteiger partial charge in [0, 0.05) is 12.5 Å². The molecule has 1 heterocycles. The van der Waals surface area contributed by atoms with Crippen LogP contribution in [0.1, 0.15) is 23.2 Å². The lowest BCUT2D eigenvalue weighted by molar-refractivity contribution is 0.147. The second-order valence-electron chi connectivity index (χ2n) is 3.90. The third-order valence-electron chi connectivity index (χ3n) is 2.52. The molecule has 2 aromatic rings. The summed E-state index contributed by atoms with van der Waals surface area (Å²) in [6.45, 7) is 1.76. The zero-order chi connectivity index (χ0) is 12.4. The second kappa shape index (κ2) is 4.67. The first-order valence-electron chi connectivity index (χ1n) is 5.24. The minimum atomic E-state index is -0.927. The van der Waals surface area contributed by atoms with Gasteiger partial charge in [-0.15, -0.1) is 0 Å². The molecule has 0 amide bonds. The monoisotopic (exact) mass is 238 g/mol. The standard InChI is InChI=1S/C13H12F2O2/c1-8-2-5-13(17-8)12(16)6-9-3-4-10(14)7-11(9)15/h2-5,7,12,16H,6H2,1H3. The van der Waals surface area contributed by atoms with E-state index < -0.39 is 17.7 Å². The molecule has 0 spiro atoms. The molecule has 0 fully saturated rings. The Balaban J connectivity index is 2.15. The third-order valence-corrected chi connectivity index (χ3v) is 2.52. The van der Waals surface area contributed by atoms with Crippen molar-refractivity contribution in [1.82, 2.24) is 0 Å². The summed E-state index contributed by atoms with van der Waals surface area (Å²) in [5, 5.41) is 9.83. The van der Waals surface area contributed by atoms with Gasteiger partial charge in [0.1, 0.15) is 29.3 Å². The predicted octanol–water partition coefficient (Wildman–Crippen LogP) is 3.14. The Morgan fingerprint density at radius 3 is 2.59 bits per heavy atom. The quantitative estimate of drug-likeness (QED) is 0.891. The van der Waals surface area contributed by atoms with Gasteiger partial charge in [0.15, 0.2) is 0 Å². The van der Waals surface area contributed by atoms with Crippen molar-refractivity contribution in [3.8, 4) is 0 Å². The molecule has 0 aliphatic heterocycles. The lowest BCUT2D eigenvalue weighted by atomic mass is 10.1. The number of hydrogen-bond donors (Lipinski definition) is 1. The molecule has 1 aromatic carbocycles. The third kappa shape index (κ3) is 2.71. The highest BCUT2D eigenvalue weighted by atomic mass is 19.1. The van der Waals surface area contributed by atoms with E-state index in [2.05, 4.69) is 0 Å². The van der Waals surface area contributed by atoms with Crippen LogP contribution in [0.2, 0.25) is 0 Å². The van der Waals surface area contributed by atoms with Gasteiger partial charge in [-0.25, -0.2) is 8.78 Å². The molecule has 2 rings (SSSR count). The van der Waals surface area contributed by atoms with Crippen molar-refractivity contribution in [1.29, 1.82) is 0 Å². The maximum atomic E-state index is 13.4. The summed E-state index contributed by atoms with van der Waals surface area (Å²) >= 11 is 0. The molecular weight excluding hydrogens is 226 g/mol. The van der Waals surface area contributed by atoms with Crippen molar-refractivity contribution >= 4 is 0 Å². The van der Waals surface area contributed by atoms with Gasteiger partial charge in [-0.05, 0) is 30.7 Å². The fourth-order valence-electron chi connectivity index (χ4n) is 1.63. The minimum absolute atomic E-state index is 0.0546. The van der Waals surface area contributed by atoms with Gasteiger partial charge in [-0.2, -0.15) is 0 Å². The average molecular weight is 238 g/mol. The van der Waals surface area contributed by atoms with Crippen LogP contribution in [-0.4, -0.2) is 5.11 Å². The molecule has 1 unspecified atom stereocenters. The van der Waals surface area contributed by atoms with Crippen LogP contribution in [0.4, 0.5) is 8.78 Å². The topological polar surface area (TPSA) is 33.4 Å². The molecule has 1 atom stereocenters. The molecule has 4 heteroatoms. The number of rotatable bonds is 3. The highest BCUT2D eigenvalue weighted by Crippen LogP contribution is 2.22. The van der Waals surface area contributed by atoms with E-state index in [1.54, 1.807) is 19.1 Å². The van der Waals surface area contributed by atoms with Crippen LogP contribution < -0.4 is 0 Å². The van der Waals surface area contributed by atoms with Crippen LogP contribution in [0.3, 0.4) is 0 Å². The Morgan fingerprint density at radius 1 is 1.24 bits per heavy atom. The maximum Gasteiger partial charge on any atom is 0.132 e. The van der Waals surface area contributed by atoms with Crippen molar-refractivity contribution in [3.63, 3.8) is 0 Å². The fourth-order valence-corrected chi connectivity index (χ4v) is 1.63. The van der Waals surface area contributed by atoms with E-state index >= 15 is 0 Å².